The van der Waals surface area contributed by atoms with Gasteiger partial charge in [0.1, 0.15) is 16.9 Å². The lowest BCUT2D eigenvalue weighted by molar-refractivity contribution is -0.130. The van der Waals surface area contributed by atoms with Crippen molar-refractivity contribution < 1.29 is 19.1 Å². The Balaban J connectivity index is 2.20. The van der Waals surface area contributed by atoms with E-state index in [1.807, 2.05) is 36.9 Å². The third-order valence-corrected chi connectivity index (χ3v) is 6.39. The van der Waals surface area contributed by atoms with Gasteiger partial charge < -0.3 is 24.6 Å². The first-order valence-electron chi connectivity index (χ1n) is 9.63. The molecule has 0 aromatic heterocycles. The molecule has 1 fully saturated rings. The average Bonchev–Trinajstić information content (AvgIpc) is 3.04. The van der Waals surface area contributed by atoms with Gasteiger partial charge in [0, 0.05) is 32.2 Å². The van der Waals surface area contributed by atoms with Gasteiger partial charge in [0.2, 0.25) is 5.91 Å². The Morgan fingerprint density at radius 1 is 1.29 bits per heavy atom. The smallest absolute Gasteiger partial charge is 0.317 e. The number of hydrogen-bond donors (Lipinski definition) is 1. The summed E-state index contributed by atoms with van der Waals surface area (Å²) in [4.78, 5) is 28.5. The number of methoxy groups -OCH3 is 2. The lowest BCUT2D eigenvalue weighted by atomic mass is 10.1. The SMILES string of the molecule is CCCNC(=O)N(C)CCN1C(=O)[C@@H](CC)S[C@H]1c1cc(OC)ccc1OC. The summed E-state index contributed by atoms with van der Waals surface area (Å²) in [7, 11) is 4.99. The minimum atomic E-state index is -0.172. The second kappa shape index (κ2) is 10.5. The van der Waals surface area contributed by atoms with E-state index in [1.165, 1.54) is 0 Å². The van der Waals surface area contributed by atoms with Crippen LogP contribution < -0.4 is 14.8 Å². The van der Waals surface area contributed by atoms with E-state index in [0.717, 1.165) is 29.9 Å². The van der Waals surface area contributed by atoms with Gasteiger partial charge in [0.05, 0.1) is 19.5 Å². The lowest BCUT2D eigenvalue weighted by Gasteiger charge is -2.28. The predicted molar refractivity (Wildman–Crippen MR) is 112 cm³/mol. The van der Waals surface area contributed by atoms with Crippen molar-refractivity contribution in [2.24, 2.45) is 0 Å². The van der Waals surface area contributed by atoms with Crippen molar-refractivity contribution in [3.05, 3.63) is 23.8 Å². The number of nitrogens with zero attached hydrogens (tertiary/aromatic N) is 2. The molecule has 2 atom stereocenters. The molecule has 3 amide bonds. The molecule has 1 aliphatic heterocycles. The first-order valence-corrected chi connectivity index (χ1v) is 10.6. The maximum atomic E-state index is 12.9. The number of carbonyl (C=O) groups excluding carboxylic acids is 2. The summed E-state index contributed by atoms with van der Waals surface area (Å²) in [5, 5.41) is 2.59. The van der Waals surface area contributed by atoms with Crippen LogP contribution in [-0.2, 0) is 4.79 Å². The van der Waals surface area contributed by atoms with Crippen LogP contribution in [0, 0.1) is 0 Å². The van der Waals surface area contributed by atoms with Crippen LogP contribution in [0.1, 0.15) is 37.6 Å². The van der Waals surface area contributed by atoms with Gasteiger partial charge in [-0.05, 0) is 31.0 Å². The zero-order valence-electron chi connectivity index (χ0n) is 17.4. The van der Waals surface area contributed by atoms with Crippen LogP contribution in [0.3, 0.4) is 0 Å². The maximum Gasteiger partial charge on any atom is 0.317 e. The quantitative estimate of drug-likeness (QED) is 0.679. The molecule has 0 saturated carbocycles. The Hall–Kier alpha value is -2.09. The fourth-order valence-electron chi connectivity index (χ4n) is 3.09. The number of rotatable bonds is 9. The number of benzene rings is 1. The number of nitrogens with one attached hydrogen (secondary N) is 1. The number of carbonyl (C=O) groups is 2. The summed E-state index contributed by atoms with van der Waals surface area (Å²) in [6.45, 7) is 5.59. The van der Waals surface area contributed by atoms with Crippen LogP contribution in [0.2, 0.25) is 0 Å². The van der Waals surface area contributed by atoms with Crippen molar-refractivity contribution in [1.82, 2.24) is 15.1 Å². The molecule has 0 unspecified atom stereocenters. The van der Waals surface area contributed by atoms with E-state index in [-0.39, 0.29) is 22.6 Å². The standard InChI is InChI=1S/C20H31N3O4S/c1-6-10-21-20(25)22(3)11-12-23-18(24)17(7-2)28-19(23)15-13-14(26-4)8-9-16(15)27-5/h8-9,13,17,19H,6-7,10-12H2,1-5H3,(H,21,25)/t17-,19+/m1/s1. The normalized spacial score (nSPS) is 18.9. The molecular formula is C20H31N3O4S. The van der Waals surface area contributed by atoms with Crippen LogP contribution in [-0.4, -0.2) is 67.9 Å². The van der Waals surface area contributed by atoms with Crippen LogP contribution in [0.5, 0.6) is 11.5 Å². The van der Waals surface area contributed by atoms with Crippen molar-refractivity contribution in [1.29, 1.82) is 0 Å². The highest BCUT2D eigenvalue weighted by atomic mass is 32.2. The molecule has 1 saturated heterocycles. The molecule has 1 aromatic rings. The third kappa shape index (κ3) is 5.04. The summed E-state index contributed by atoms with van der Waals surface area (Å²) in [5.41, 5.74) is 0.911. The molecule has 0 bridgehead atoms. The van der Waals surface area contributed by atoms with Crippen LogP contribution in [0.25, 0.3) is 0 Å². The number of hydrogen-bond acceptors (Lipinski definition) is 5. The van der Waals surface area contributed by atoms with E-state index in [4.69, 9.17) is 9.47 Å². The van der Waals surface area contributed by atoms with Crippen molar-refractivity contribution >= 4 is 23.7 Å². The van der Waals surface area contributed by atoms with E-state index in [2.05, 4.69) is 5.32 Å². The number of ether oxygens (including phenoxy) is 2. The number of urea groups is 1. The van der Waals surface area contributed by atoms with Gasteiger partial charge in [-0.1, -0.05) is 13.8 Å². The maximum absolute atomic E-state index is 12.9. The molecule has 0 radical (unpaired) electrons. The molecule has 1 aromatic carbocycles. The molecular weight excluding hydrogens is 378 g/mol. The summed E-state index contributed by atoms with van der Waals surface area (Å²) in [6.07, 6.45) is 1.65. The zero-order chi connectivity index (χ0) is 20.7. The highest BCUT2D eigenvalue weighted by molar-refractivity contribution is 8.01. The van der Waals surface area contributed by atoms with Crippen LogP contribution >= 0.6 is 11.8 Å². The first kappa shape index (κ1) is 22.2. The summed E-state index contributed by atoms with van der Waals surface area (Å²) < 4.78 is 10.9. The molecule has 2 rings (SSSR count). The van der Waals surface area contributed by atoms with E-state index < -0.39 is 0 Å². The largest absolute Gasteiger partial charge is 0.497 e. The minimum absolute atomic E-state index is 0.0971. The molecule has 1 heterocycles. The molecule has 156 valence electrons. The highest BCUT2D eigenvalue weighted by Crippen LogP contribution is 2.47. The van der Waals surface area contributed by atoms with Gasteiger partial charge in [0.25, 0.3) is 0 Å². The first-order chi connectivity index (χ1) is 13.5. The van der Waals surface area contributed by atoms with Gasteiger partial charge in [-0.2, -0.15) is 0 Å². The number of amides is 3. The Morgan fingerprint density at radius 2 is 2.04 bits per heavy atom. The average molecular weight is 410 g/mol. The zero-order valence-corrected chi connectivity index (χ0v) is 18.2. The summed E-state index contributed by atoms with van der Waals surface area (Å²) in [5.74, 6) is 1.55. The molecule has 8 heteroatoms. The van der Waals surface area contributed by atoms with Crippen LogP contribution in [0.4, 0.5) is 4.79 Å². The molecule has 28 heavy (non-hydrogen) atoms. The second-order valence-electron chi connectivity index (χ2n) is 6.68. The van der Waals surface area contributed by atoms with Crippen molar-refractivity contribution in [2.75, 3.05) is 40.9 Å². The predicted octanol–water partition coefficient (Wildman–Crippen LogP) is 3.11. The summed E-state index contributed by atoms with van der Waals surface area (Å²) in [6, 6.07) is 5.51. The van der Waals surface area contributed by atoms with Crippen molar-refractivity contribution in [3.63, 3.8) is 0 Å². The molecule has 1 N–H and O–H groups in total. The Morgan fingerprint density at radius 3 is 2.64 bits per heavy atom. The Kier molecular flexibility index (Phi) is 8.29. The molecule has 1 aliphatic rings. The Bertz CT molecular complexity index is 685. The van der Waals surface area contributed by atoms with E-state index >= 15 is 0 Å². The van der Waals surface area contributed by atoms with Crippen LogP contribution in [0.15, 0.2) is 18.2 Å². The van der Waals surface area contributed by atoms with Crippen molar-refractivity contribution in [3.8, 4) is 11.5 Å². The van der Waals surface area contributed by atoms with E-state index in [9.17, 15) is 9.59 Å². The van der Waals surface area contributed by atoms with Gasteiger partial charge >= 0.3 is 6.03 Å². The fourth-order valence-corrected chi connectivity index (χ4v) is 4.53. The minimum Gasteiger partial charge on any atom is -0.497 e. The topological polar surface area (TPSA) is 71.1 Å². The van der Waals surface area contributed by atoms with Gasteiger partial charge in [-0.15, -0.1) is 11.8 Å². The van der Waals surface area contributed by atoms with Gasteiger partial charge in [-0.3, -0.25) is 4.79 Å². The van der Waals surface area contributed by atoms with E-state index in [1.54, 1.807) is 37.9 Å². The Labute approximate surface area is 171 Å². The van der Waals surface area contributed by atoms with E-state index in [0.29, 0.717) is 19.6 Å². The molecule has 0 aliphatic carbocycles. The summed E-state index contributed by atoms with van der Waals surface area (Å²) >= 11 is 1.62. The van der Waals surface area contributed by atoms with Gasteiger partial charge in [-0.25, -0.2) is 4.79 Å². The monoisotopic (exact) mass is 409 g/mol. The van der Waals surface area contributed by atoms with Crippen molar-refractivity contribution in [2.45, 2.75) is 37.3 Å². The molecule has 7 nitrogen and oxygen atoms in total. The van der Waals surface area contributed by atoms with Gasteiger partial charge in [0.15, 0.2) is 0 Å². The highest BCUT2D eigenvalue weighted by Gasteiger charge is 2.41. The fraction of sp³-hybridized carbons (Fsp3) is 0.600. The number of likely N-dealkylation sites (N-methyl/N-ethyl adjacent to an activating group) is 1. The third-order valence-electron chi connectivity index (χ3n) is 4.76. The number of thioether (sulfide) groups is 1. The second-order valence-corrected chi connectivity index (χ2v) is 7.97. The molecule has 0 spiro atoms. The lowest BCUT2D eigenvalue weighted by Crippen LogP contribution is -2.43.